The van der Waals surface area contributed by atoms with Gasteiger partial charge in [0.2, 0.25) is 0 Å². The second-order valence-electron chi connectivity index (χ2n) is 2.20. The quantitative estimate of drug-likeness (QED) is 0.522. The highest BCUT2D eigenvalue weighted by atomic mass is 15.1. The van der Waals surface area contributed by atoms with Gasteiger partial charge in [-0.2, -0.15) is 0 Å². The van der Waals surface area contributed by atoms with E-state index in [0.29, 0.717) is 0 Å². The molecular weight excluding hydrogens is 110 g/mol. The highest BCUT2D eigenvalue weighted by Gasteiger charge is 1.85. The predicted octanol–water partition coefficient (Wildman–Crippen LogP) is 2.03. The molecule has 9 heavy (non-hydrogen) atoms. The smallest absolute Gasteiger partial charge is 0.0284 e. The summed E-state index contributed by atoms with van der Waals surface area (Å²) in [5.41, 5.74) is 1.05. The molecule has 0 heterocycles. The maximum absolute atomic E-state index is 3.83. The van der Waals surface area contributed by atoms with E-state index < -0.39 is 0 Å². The van der Waals surface area contributed by atoms with Crippen LogP contribution in [-0.4, -0.2) is 19.0 Å². The predicted molar refractivity (Wildman–Crippen MR) is 42.3 cm³/mol. The number of likely N-dealkylation sites (N-methyl/N-ethyl adjacent to an activating group) is 1. The van der Waals surface area contributed by atoms with E-state index in [-0.39, 0.29) is 0 Å². The molecule has 0 aromatic carbocycles. The van der Waals surface area contributed by atoms with Crippen molar-refractivity contribution >= 4 is 0 Å². The average molecular weight is 125 g/mol. The van der Waals surface area contributed by atoms with Gasteiger partial charge in [-0.05, 0) is 12.5 Å². The van der Waals surface area contributed by atoms with Crippen LogP contribution in [0.2, 0.25) is 0 Å². The SMILES string of the molecule is C=C(/C=C/CC)N(C)C. The average Bonchev–Trinajstić information content (AvgIpc) is 1.82. The van der Waals surface area contributed by atoms with E-state index in [1.165, 1.54) is 0 Å². The number of hydrogen-bond donors (Lipinski definition) is 0. The van der Waals surface area contributed by atoms with Crippen molar-refractivity contribution in [1.82, 2.24) is 4.90 Å². The van der Waals surface area contributed by atoms with Gasteiger partial charge in [-0.1, -0.05) is 19.6 Å². The third-order valence-electron chi connectivity index (χ3n) is 1.12. The molecule has 0 rings (SSSR count). The first-order valence-electron chi connectivity index (χ1n) is 3.21. The summed E-state index contributed by atoms with van der Waals surface area (Å²) in [7, 11) is 3.98. The molecule has 0 saturated heterocycles. The second kappa shape index (κ2) is 4.19. The monoisotopic (exact) mass is 125 g/mol. The van der Waals surface area contributed by atoms with Crippen LogP contribution >= 0.6 is 0 Å². The summed E-state index contributed by atoms with van der Waals surface area (Å²) in [6.45, 7) is 5.94. The number of rotatable bonds is 3. The Bertz CT molecular complexity index is 112. The fourth-order valence-electron chi connectivity index (χ4n) is 0.403. The van der Waals surface area contributed by atoms with Gasteiger partial charge in [-0.25, -0.2) is 0 Å². The third-order valence-corrected chi connectivity index (χ3v) is 1.12. The Kier molecular flexibility index (Phi) is 3.85. The summed E-state index contributed by atoms with van der Waals surface area (Å²) in [5.74, 6) is 0. The van der Waals surface area contributed by atoms with Crippen molar-refractivity contribution < 1.29 is 0 Å². The lowest BCUT2D eigenvalue weighted by Gasteiger charge is -2.10. The Morgan fingerprint density at radius 1 is 1.56 bits per heavy atom. The summed E-state index contributed by atoms with van der Waals surface area (Å²) in [6, 6.07) is 0. The molecule has 0 aliphatic heterocycles. The first kappa shape index (κ1) is 8.28. The minimum absolute atomic E-state index is 1.05. The second-order valence-corrected chi connectivity index (χ2v) is 2.20. The zero-order valence-corrected chi connectivity index (χ0v) is 6.52. The van der Waals surface area contributed by atoms with E-state index >= 15 is 0 Å². The molecule has 0 radical (unpaired) electrons. The van der Waals surface area contributed by atoms with E-state index in [9.17, 15) is 0 Å². The van der Waals surface area contributed by atoms with Gasteiger partial charge in [0.25, 0.3) is 0 Å². The Balaban J connectivity index is 3.63. The van der Waals surface area contributed by atoms with Crippen LogP contribution in [0.15, 0.2) is 24.4 Å². The van der Waals surface area contributed by atoms with Gasteiger partial charge in [0.1, 0.15) is 0 Å². The fraction of sp³-hybridized carbons (Fsp3) is 0.500. The largest absolute Gasteiger partial charge is 0.378 e. The lowest BCUT2D eigenvalue weighted by molar-refractivity contribution is 0.532. The van der Waals surface area contributed by atoms with Crippen LogP contribution < -0.4 is 0 Å². The van der Waals surface area contributed by atoms with Crippen LogP contribution in [0.5, 0.6) is 0 Å². The first-order valence-corrected chi connectivity index (χ1v) is 3.21. The highest BCUT2D eigenvalue weighted by Crippen LogP contribution is 1.96. The Hall–Kier alpha value is -0.720. The van der Waals surface area contributed by atoms with Crippen LogP contribution in [0.4, 0.5) is 0 Å². The van der Waals surface area contributed by atoms with Crippen LogP contribution in [0.25, 0.3) is 0 Å². The van der Waals surface area contributed by atoms with Crippen LogP contribution in [-0.2, 0) is 0 Å². The van der Waals surface area contributed by atoms with E-state index in [2.05, 4.69) is 19.6 Å². The summed E-state index contributed by atoms with van der Waals surface area (Å²) >= 11 is 0. The molecule has 0 fully saturated rings. The normalized spacial score (nSPS) is 10.1. The van der Waals surface area contributed by atoms with Gasteiger partial charge in [0.15, 0.2) is 0 Å². The van der Waals surface area contributed by atoms with Crippen molar-refractivity contribution in [2.45, 2.75) is 13.3 Å². The van der Waals surface area contributed by atoms with Crippen molar-refractivity contribution in [1.29, 1.82) is 0 Å². The maximum atomic E-state index is 3.83. The topological polar surface area (TPSA) is 3.24 Å². The molecule has 0 amide bonds. The molecule has 0 unspecified atom stereocenters. The molecule has 0 bridgehead atoms. The molecule has 1 nitrogen and oxygen atoms in total. The van der Waals surface area contributed by atoms with Crippen LogP contribution in [0.1, 0.15) is 13.3 Å². The van der Waals surface area contributed by atoms with Gasteiger partial charge in [0, 0.05) is 19.8 Å². The van der Waals surface area contributed by atoms with Crippen molar-refractivity contribution in [3.05, 3.63) is 24.4 Å². The number of nitrogens with zero attached hydrogens (tertiary/aromatic N) is 1. The van der Waals surface area contributed by atoms with E-state index in [0.717, 1.165) is 12.1 Å². The van der Waals surface area contributed by atoms with Gasteiger partial charge >= 0.3 is 0 Å². The van der Waals surface area contributed by atoms with Gasteiger partial charge in [0.05, 0.1) is 0 Å². The van der Waals surface area contributed by atoms with E-state index in [1.54, 1.807) is 0 Å². The summed E-state index contributed by atoms with van der Waals surface area (Å²) in [6.07, 6.45) is 5.20. The molecule has 52 valence electrons. The molecule has 0 aromatic heterocycles. The molecule has 0 aliphatic carbocycles. The standard InChI is InChI=1S/C8H15N/c1-5-6-7-8(2)9(3)4/h6-7H,2,5H2,1,3-4H3/b7-6+. The molecule has 0 saturated carbocycles. The minimum atomic E-state index is 1.05. The van der Waals surface area contributed by atoms with Crippen molar-refractivity contribution in [3.63, 3.8) is 0 Å². The van der Waals surface area contributed by atoms with Gasteiger partial charge in [-0.15, -0.1) is 0 Å². The molecule has 0 spiro atoms. The van der Waals surface area contributed by atoms with Crippen LogP contribution in [0.3, 0.4) is 0 Å². The van der Waals surface area contributed by atoms with Crippen molar-refractivity contribution in [2.75, 3.05) is 14.1 Å². The minimum Gasteiger partial charge on any atom is -0.378 e. The zero-order chi connectivity index (χ0) is 7.28. The molecule has 0 aliphatic rings. The lowest BCUT2D eigenvalue weighted by Crippen LogP contribution is -2.07. The first-order chi connectivity index (χ1) is 4.18. The molecule has 0 aromatic rings. The van der Waals surface area contributed by atoms with E-state index in [4.69, 9.17) is 0 Å². The number of allylic oxidation sites excluding steroid dienone is 2. The summed E-state index contributed by atoms with van der Waals surface area (Å²) < 4.78 is 0. The van der Waals surface area contributed by atoms with Gasteiger partial charge < -0.3 is 4.90 Å². The Labute approximate surface area is 57.7 Å². The molecule has 0 atom stereocenters. The molecule has 1 heteroatoms. The maximum Gasteiger partial charge on any atom is 0.0284 e. The van der Waals surface area contributed by atoms with Crippen LogP contribution in [0, 0.1) is 0 Å². The highest BCUT2D eigenvalue weighted by molar-refractivity contribution is 5.11. The lowest BCUT2D eigenvalue weighted by atomic mass is 10.3. The summed E-state index contributed by atoms with van der Waals surface area (Å²) in [5, 5.41) is 0. The fourth-order valence-corrected chi connectivity index (χ4v) is 0.403. The summed E-state index contributed by atoms with van der Waals surface area (Å²) in [4.78, 5) is 1.99. The Morgan fingerprint density at radius 2 is 2.11 bits per heavy atom. The molecular formula is C8H15N. The van der Waals surface area contributed by atoms with Gasteiger partial charge in [-0.3, -0.25) is 0 Å². The van der Waals surface area contributed by atoms with E-state index in [1.807, 2.05) is 25.1 Å². The molecule has 0 N–H and O–H groups in total. The third kappa shape index (κ3) is 3.83. The van der Waals surface area contributed by atoms with Crippen molar-refractivity contribution in [3.8, 4) is 0 Å². The van der Waals surface area contributed by atoms with Crippen molar-refractivity contribution in [2.24, 2.45) is 0 Å². The number of hydrogen-bond acceptors (Lipinski definition) is 1. The zero-order valence-electron chi connectivity index (χ0n) is 6.52. The Morgan fingerprint density at radius 3 is 2.44 bits per heavy atom.